The van der Waals surface area contributed by atoms with Gasteiger partial charge in [0, 0.05) is 6.42 Å². The molecule has 1 fully saturated rings. The highest BCUT2D eigenvalue weighted by Gasteiger charge is 2.34. The van der Waals surface area contributed by atoms with E-state index in [-0.39, 0.29) is 11.8 Å². The number of ether oxygens (including phenoxy) is 2. The van der Waals surface area contributed by atoms with Crippen molar-refractivity contribution in [2.24, 2.45) is 5.92 Å². The van der Waals surface area contributed by atoms with E-state index in [1.54, 1.807) is 20.5 Å². The van der Waals surface area contributed by atoms with Crippen LogP contribution in [0.25, 0.3) is 0 Å². The Hall–Kier alpha value is -2.43. The zero-order valence-corrected chi connectivity index (χ0v) is 14.1. The number of nitrogens with one attached hydrogen (secondary N) is 1. The molecule has 0 bridgehead atoms. The molecule has 0 radical (unpaired) electrons. The number of carbonyl (C=O) groups excluding carboxylic acids is 1. The lowest BCUT2D eigenvalue weighted by Crippen LogP contribution is -2.25. The molecule has 0 spiro atoms. The minimum atomic E-state index is 0.0399. The van der Waals surface area contributed by atoms with Crippen LogP contribution in [0.4, 0.5) is 0 Å². The first-order valence-corrected chi connectivity index (χ1v) is 8.22. The molecule has 1 unspecified atom stereocenters. The normalized spacial score (nSPS) is 14.9. The summed E-state index contributed by atoms with van der Waals surface area (Å²) in [6, 6.07) is 9.60. The van der Waals surface area contributed by atoms with Gasteiger partial charge in [0.05, 0.1) is 27.0 Å². The number of methoxy groups -OCH3 is 2. The van der Waals surface area contributed by atoms with Gasteiger partial charge in [0.15, 0.2) is 11.5 Å². The molecular formula is C19H23NO4. The van der Waals surface area contributed by atoms with Crippen molar-refractivity contribution < 1.29 is 18.7 Å². The number of hydrogen-bond donors (Lipinski definition) is 1. The van der Waals surface area contributed by atoms with Crippen LogP contribution in [0.1, 0.15) is 36.5 Å². The van der Waals surface area contributed by atoms with Crippen LogP contribution in [0.5, 0.6) is 11.5 Å². The van der Waals surface area contributed by atoms with E-state index in [1.165, 1.54) is 12.8 Å². The molecule has 1 aliphatic rings. The third-order valence-corrected chi connectivity index (χ3v) is 4.47. The fraction of sp³-hybridized carbons (Fsp3) is 0.421. The second-order valence-electron chi connectivity index (χ2n) is 6.12. The highest BCUT2D eigenvalue weighted by molar-refractivity contribution is 5.77. The van der Waals surface area contributed by atoms with Crippen molar-refractivity contribution in [1.29, 1.82) is 0 Å². The minimum Gasteiger partial charge on any atom is -0.493 e. The molecular weight excluding hydrogens is 306 g/mol. The van der Waals surface area contributed by atoms with E-state index in [9.17, 15) is 4.79 Å². The molecule has 1 saturated carbocycles. The van der Waals surface area contributed by atoms with Crippen LogP contribution in [0.3, 0.4) is 0 Å². The Bertz CT molecular complexity index is 677. The smallest absolute Gasteiger partial charge is 0.220 e. The Labute approximate surface area is 141 Å². The fourth-order valence-corrected chi connectivity index (χ4v) is 3.01. The van der Waals surface area contributed by atoms with E-state index in [4.69, 9.17) is 13.9 Å². The van der Waals surface area contributed by atoms with Crippen LogP contribution >= 0.6 is 0 Å². The standard InChI is InChI=1S/C19H23NO4/c1-22-17-8-7-14(10-18(17)23-2)16(13-5-6-13)11-19(21)20-12-15-4-3-9-24-15/h3-4,7-10,13,16H,5-6,11-12H2,1-2H3,(H,20,21). The molecule has 1 N–H and O–H groups in total. The summed E-state index contributed by atoms with van der Waals surface area (Å²) >= 11 is 0. The molecule has 5 nitrogen and oxygen atoms in total. The third kappa shape index (κ3) is 3.91. The molecule has 1 aromatic heterocycles. The Morgan fingerprint density at radius 1 is 1.25 bits per heavy atom. The highest BCUT2D eigenvalue weighted by Crippen LogP contribution is 2.46. The predicted octanol–water partition coefficient (Wildman–Crippen LogP) is 3.50. The molecule has 0 saturated heterocycles. The van der Waals surface area contributed by atoms with Crippen LogP contribution < -0.4 is 14.8 Å². The van der Waals surface area contributed by atoms with E-state index < -0.39 is 0 Å². The average Bonchev–Trinajstić information content (AvgIpc) is 3.32. The zero-order valence-electron chi connectivity index (χ0n) is 14.1. The summed E-state index contributed by atoms with van der Waals surface area (Å²) in [6.45, 7) is 0.426. The molecule has 1 aromatic carbocycles. The van der Waals surface area contributed by atoms with Crippen molar-refractivity contribution in [3.8, 4) is 11.5 Å². The highest BCUT2D eigenvalue weighted by atomic mass is 16.5. The van der Waals surface area contributed by atoms with Gasteiger partial charge in [0.2, 0.25) is 5.91 Å². The van der Waals surface area contributed by atoms with Gasteiger partial charge >= 0.3 is 0 Å². The summed E-state index contributed by atoms with van der Waals surface area (Å²) in [4.78, 5) is 12.3. The predicted molar refractivity (Wildman–Crippen MR) is 90.2 cm³/mol. The van der Waals surface area contributed by atoms with E-state index >= 15 is 0 Å². The Balaban J connectivity index is 1.67. The number of furan rings is 1. The maximum absolute atomic E-state index is 12.3. The van der Waals surface area contributed by atoms with Gasteiger partial charge in [-0.1, -0.05) is 6.07 Å². The lowest BCUT2D eigenvalue weighted by Gasteiger charge is -2.18. The van der Waals surface area contributed by atoms with E-state index in [0.29, 0.717) is 30.4 Å². The SMILES string of the molecule is COc1ccc(C(CC(=O)NCc2ccco2)C2CC2)cc1OC. The fourth-order valence-electron chi connectivity index (χ4n) is 3.01. The summed E-state index contributed by atoms with van der Waals surface area (Å²) in [7, 11) is 3.25. The molecule has 2 aromatic rings. The number of benzene rings is 1. The Morgan fingerprint density at radius 2 is 2.04 bits per heavy atom. The zero-order chi connectivity index (χ0) is 16.9. The summed E-state index contributed by atoms with van der Waals surface area (Å²) in [5.41, 5.74) is 1.13. The van der Waals surface area contributed by atoms with Crippen molar-refractivity contribution >= 4 is 5.91 Å². The maximum atomic E-state index is 12.3. The van der Waals surface area contributed by atoms with Crippen molar-refractivity contribution in [3.05, 3.63) is 47.9 Å². The molecule has 1 atom stereocenters. The van der Waals surface area contributed by atoms with Crippen LogP contribution in [0, 0.1) is 5.92 Å². The quantitative estimate of drug-likeness (QED) is 0.805. The van der Waals surface area contributed by atoms with Gasteiger partial charge in [-0.2, -0.15) is 0 Å². The molecule has 128 valence electrons. The van der Waals surface area contributed by atoms with E-state index in [0.717, 1.165) is 11.3 Å². The molecule has 3 rings (SSSR count). The van der Waals surface area contributed by atoms with Gasteiger partial charge in [-0.05, 0) is 54.5 Å². The Kier molecular flexibility index (Phi) is 5.08. The van der Waals surface area contributed by atoms with Crippen LogP contribution in [0.15, 0.2) is 41.0 Å². The minimum absolute atomic E-state index is 0.0399. The van der Waals surface area contributed by atoms with Gasteiger partial charge in [0.25, 0.3) is 0 Å². The van der Waals surface area contributed by atoms with E-state index in [2.05, 4.69) is 5.32 Å². The first kappa shape index (κ1) is 16.4. The molecule has 24 heavy (non-hydrogen) atoms. The maximum Gasteiger partial charge on any atom is 0.220 e. The lowest BCUT2D eigenvalue weighted by atomic mass is 9.90. The van der Waals surface area contributed by atoms with Crippen LogP contribution in [-0.4, -0.2) is 20.1 Å². The van der Waals surface area contributed by atoms with Crippen LogP contribution in [0.2, 0.25) is 0 Å². The third-order valence-electron chi connectivity index (χ3n) is 4.47. The van der Waals surface area contributed by atoms with E-state index in [1.807, 2.05) is 30.3 Å². The molecule has 5 heteroatoms. The first-order chi connectivity index (χ1) is 11.7. The van der Waals surface area contributed by atoms with Crippen molar-refractivity contribution in [3.63, 3.8) is 0 Å². The summed E-state index contributed by atoms with van der Waals surface area (Å²) < 4.78 is 15.9. The Morgan fingerprint density at radius 3 is 2.67 bits per heavy atom. The van der Waals surface area contributed by atoms with Gasteiger partial charge < -0.3 is 19.2 Å². The van der Waals surface area contributed by atoms with Crippen molar-refractivity contribution in [2.45, 2.75) is 31.7 Å². The van der Waals surface area contributed by atoms with Crippen molar-refractivity contribution in [1.82, 2.24) is 5.32 Å². The van der Waals surface area contributed by atoms with Crippen molar-refractivity contribution in [2.75, 3.05) is 14.2 Å². The largest absolute Gasteiger partial charge is 0.493 e. The molecule has 0 aliphatic heterocycles. The average molecular weight is 329 g/mol. The number of hydrogen-bond acceptors (Lipinski definition) is 4. The number of rotatable bonds is 8. The molecule has 1 amide bonds. The van der Waals surface area contributed by atoms with Gasteiger partial charge in [-0.3, -0.25) is 4.79 Å². The monoisotopic (exact) mass is 329 g/mol. The number of amides is 1. The first-order valence-electron chi connectivity index (χ1n) is 8.22. The summed E-state index contributed by atoms with van der Waals surface area (Å²) in [6.07, 6.45) is 4.42. The molecule has 1 aliphatic carbocycles. The topological polar surface area (TPSA) is 60.7 Å². The number of carbonyl (C=O) groups is 1. The summed E-state index contributed by atoms with van der Waals surface area (Å²) in [5, 5.41) is 2.93. The van der Waals surface area contributed by atoms with Gasteiger partial charge in [0.1, 0.15) is 5.76 Å². The van der Waals surface area contributed by atoms with Gasteiger partial charge in [-0.15, -0.1) is 0 Å². The second-order valence-corrected chi connectivity index (χ2v) is 6.12. The molecule has 1 heterocycles. The second kappa shape index (κ2) is 7.43. The van der Waals surface area contributed by atoms with Gasteiger partial charge in [-0.25, -0.2) is 0 Å². The summed E-state index contributed by atoms with van der Waals surface area (Å²) in [5.74, 6) is 2.99. The lowest BCUT2D eigenvalue weighted by molar-refractivity contribution is -0.121. The van der Waals surface area contributed by atoms with Crippen LogP contribution in [-0.2, 0) is 11.3 Å².